The number of methoxy groups -OCH3 is 1. The van der Waals surface area contributed by atoms with Crippen LogP contribution in [0.1, 0.15) is 94.4 Å². The summed E-state index contributed by atoms with van der Waals surface area (Å²) in [5.74, 6) is -9.72. The maximum atomic E-state index is 13.9. The smallest absolute Gasteiger partial charge is 0.341 e. The molecule has 1 spiro atoms. The maximum Gasteiger partial charge on any atom is 0.341 e. The Hall–Kier alpha value is -3.78. The lowest BCUT2D eigenvalue weighted by atomic mass is 9.37. The van der Waals surface area contributed by atoms with E-state index < -0.39 is 118 Å². The van der Waals surface area contributed by atoms with Crippen molar-refractivity contribution in [3.05, 3.63) is 23.3 Å². The Labute approximate surface area is 309 Å². The Morgan fingerprint density at radius 3 is 2.11 bits per heavy atom. The molecular weight excluding hydrogens is 692 g/mol. The Kier molecular flexibility index (Phi) is 9.49. The molecule has 6 aliphatic rings. The molecule has 14 heteroatoms. The molecule has 0 aromatic heterocycles. The standard InChI is InChI=1S/C39H52O14/c1-11-18(3)32(43)51-30-28-31(52-33(44)19(4)12-2)38-22(37(9,39(28,46)53-38)23(35(30,6)7)16-25(41)47-10)13-14-36(8)24(38)17-26(42)49-29(36)21-15-27(48-20(5)40)50-34(21)45/h15,17-19,22-23,27-31,46H,11-14,16H2,1-10H3/t18?,19?,22?,23?,27-,28?,29?,30?,31?,36?,37?,38?,39?/m1/s1. The van der Waals surface area contributed by atoms with Crippen LogP contribution in [0.25, 0.3) is 0 Å². The fourth-order valence-corrected chi connectivity index (χ4v) is 10.6. The second-order valence-corrected chi connectivity index (χ2v) is 16.8. The van der Waals surface area contributed by atoms with Gasteiger partial charge in [-0.05, 0) is 37.2 Å². The van der Waals surface area contributed by atoms with E-state index in [9.17, 15) is 33.9 Å². The lowest BCUT2D eigenvalue weighted by Crippen LogP contribution is -2.76. The fourth-order valence-electron chi connectivity index (χ4n) is 10.6. The van der Waals surface area contributed by atoms with Crippen molar-refractivity contribution >= 4 is 35.8 Å². The largest absolute Gasteiger partial charge is 0.469 e. The molecule has 4 aliphatic heterocycles. The first kappa shape index (κ1) is 38.9. The molecule has 1 N–H and O–H groups in total. The summed E-state index contributed by atoms with van der Waals surface area (Å²) in [7, 11) is 1.28. The number of carbonyl (C=O) groups is 6. The highest BCUT2D eigenvalue weighted by Crippen LogP contribution is 2.80. The number of aliphatic hydroxyl groups is 1. The number of rotatable bonds is 10. The summed E-state index contributed by atoms with van der Waals surface area (Å²) in [5, 5.41) is 13.3. The van der Waals surface area contributed by atoms with Crippen LogP contribution in [0.2, 0.25) is 0 Å². The molecule has 0 radical (unpaired) electrons. The van der Waals surface area contributed by atoms with E-state index in [1.165, 1.54) is 26.2 Å². The Bertz CT molecular complexity index is 1680. The van der Waals surface area contributed by atoms with Crippen molar-refractivity contribution in [2.75, 3.05) is 7.11 Å². The Morgan fingerprint density at radius 2 is 1.55 bits per heavy atom. The van der Waals surface area contributed by atoms with Crippen LogP contribution in [0.3, 0.4) is 0 Å². The number of esters is 6. The highest BCUT2D eigenvalue weighted by atomic mass is 16.7. The highest BCUT2D eigenvalue weighted by molar-refractivity contribution is 5.95. The van der Waals surface area contributed by atoms with Crippen molar-refractivity contribution in [1.82, 2.24) is 0 Å². The van der Waals surface area contributed by atoms with Crippen LogP contribution in [0, 0.1) is 45.8 Å². The summed E-state index contributed by atoms with van der Waals surface area (Å²) in [4.78, 5) is 79.5. The molecular formula is C39H52O14. The first-order valence-corrected chi connectivity index (χ1v) is 18.6. The van der Waals surface area contributed by atoms with Crippen LogP contribution in [0.15, 0.2) is 23.3 Å². The van der Waals surface area contributed by atoms with Gasteiger partial charge < -0.3 is 38.3 Å². The van der Waals surface area contributed by atoms with Crippen molar-refractivity contribution in [2.24, 2.45) is 45.8 Å². The molecule has 4 fully saturated rings. The van der Waals surface area contributed by atoms with E-state index in [4.69, 9.17) is 33.2 Å². The molecule has 4 heterocycles. The van der Waals surface area contributed by atoms with Gasteiger partial charge in [0.05, 0.1) is 30.4 Å². The summed E-state index contributed by atoms with van der Waals surface area (Å²) < 4.78 is 41.4. The lowest BCUT2D eigenvalue weighted by molar-refractivity contribution is -0.326. The molecule has 2 saturated heterocycles. The van der Waals surface area contributed by atoms with Crippen LogP contribution in [0.4, 0.5) is 0 Å². The zero-order valence-corrected chi connectivity index (χ0v) is 32.1. The first-order valence-electron chi connectivity index (χ1n) is 18.6. The molecule has 2 aliphatic carbocycles. The third kappa shape index (κ3) is 5.31. The number of fused-ring (bicyclic) bond motifs is 2. The topological polar surface area (TPSA) is 187 Å². The van der Waals surface area contributed by atoms with Gasteiger partial charge in [-0.3, -0.25) is 19.2 Å². The SMILES string of the molecule is CCC(C)C(=O)OC1C2C(OC(=O)C(C)CC)C34OC2(O)C(C)(C(CC(=O)OC)C1(C)C)C3CCC1(C)C4=CC(=O)OC1C1=C[C@H](OC(C)=O)OC1=O. The van der Waals surface area contributed by atoms with Crippen molar-refractivity contribution in [2.45, 2.75) is 130 Å². The fraction of sp³-hybridized carbons (Fsp3) is 0.744. The molecule has 2 bridgehead atoms. The minimum atomic E-state index is -2.15. The van der Waals surface area contributed by atoms with E-state index in [2.05, 4.69) is 0 Å². The number of carbonyl (C=O) groups excluding carboxylic acids is 6. The summed E-state index contributed by atoms with van der Waals surface area (Å²) in [6.07, 6.45) is -1.02. The summed E-state index contributed by atoms with van der Waals surface area (Å²) >= 11 is 0. The molecule has 53 heavy (non-hydrogen) atoms. The monoisotopic (exact) mass is 744 g/mol. The van der Waals surface area contributed by atoms with E-state index in [0.29, 0.717) is 31.3 Å². The van der Waals surface area contributed by atoms with Gasteiger partial charge in [-0.25, -0.2) is 9.59 Å². The Balaban J connectivity index is 1.59. The lowest BCUT2D eigenvalue weighted by Gasteiger charge is -2.67. The van der Waals surface area contributed by atoms with Gasteiger partial charge >= 0.3 is 35.8 Å². The zero-order valence-electron chi connectivity index (χ0n) is 32.1. The molecule has 14 nitrogen and oxygen atoms in total. The third-order valence-electron chi connectivity index (χ3n) is 13.7. The molecule has 0 aromatic rings. The highest BCUT2D eigenvalue weighted by Gasteiger charge is 2.90. The second-order valence-electron chi connectivity index (χ2n) is 16.8. The molecule has 12 unspecified atom stereocenters. The Morgan fingerprint density at radius 1 is 0.943 bits per heavy atom. The van der Waals surface area contributed by atoms with Gasteiger partial charge in [-0.1, -0.05) is 55.4 Å². The van der Waals surface area contributed by atoms with Crippen molar-refractivity contribution in [3.8, 4) is 0 Å². The average Bonchev–Trinajstić information content (AvgIpc) is 3.65. The molecule has 0 amide bonds. The predicted molar refractivity (Wildman–Crippen MR) is 181 cm³/mol. The van der Waals surface area contributed by atoms with Crippen molar-refractivity contribution < 1.29 is 67.0 Å². The van der Waals surface area contributed by atoms with Gasteiger partial charge in [0.15, 0.2) is 5.79 Å². The van der Waals surface area contributed by atoms with E-state index in [-0.39, 0.29) is 12.0 Å². The minimum Gasteiger partial charge on any atom is -0.469 e. The van der Waals surface area contributed by atoms with Crippen LogP contribution >= 0.6 is 0 Å². The van der Waals surface area contributed by atoms with E-state index in [0.717, 1.165) is 0 Å². The third-order valence-corrected chi connectivity index (χ3v) is 13.7. The van der Waals surface area contributed by atoms with Crippen LogP contribution < -0.4 is 0 Å². The summed E-state index contributed by atoms with van der Waals surface area (Å²) in [6, 6.07) is 0. The molecule has 6 rings (SSSR count). The van der Waals surface area contributed by atoms with Crippen LogP contribution in [-0.2, 0) is 61.9 Å². The van der Waals surface area contributed by atoms with Crippen LogP contribution in [-0.4, -0.2) is 84.0 Å². The van der Waals surface area contributed by atoms with Gasteiger partial charge in [0.1, 0.15) is 23.9 Å². The van der Waals surface area contributed by atoms with Gasteiger partial charge in [-0.15, -0.1) is 0 Å². The molecule has 0 aromatic carbocycles. The minimum absolute atomic E-state index is 0.0385. The van der Waals surface area contributed by atoms with Gasteiger partial charge in [0.25, 0.3) is 6.29 Å². The van der Waals surface area contributed by atoms with Gasteiger partial charge in [-0.2, -0.15) is 0 Å². The van der Waals surface area contributed by atoms with Crippen LogP contribution in [0.5, 0.6) is 0 Å². The van der Waals surface area contributed by atoms with Gasteiger partial charge in [0, 0.05) is 47.7 Å². The predicted octanol–water partition coefficient (Wildman–Crippen LogP) is 3.86. The van der Waals surface area contributed by atoms with Crippen molar-refractivity contribution in [1.29, 1.82) is 0 Å². The number of hydrogen-bond acceptors (Lipinski definition) is 14. The zero-order chi connectivity index (χ0) is 39.2. The van der Waals surface area contributed by atoms with E-state index >= 15 is 0 Å². The molecule has 2 saturated carbocycles. The molecule has 13 atom stereocenters. The average molecular weight is 745 g/mol. The normalized spacial score (nSPS) is 41.4. The summed E-state index contributed by atoms with van der Waals surface area (Å²) in [6.45, 7) is 15.7. The summed E-state index contributed by atoms with van der Waals surface area (Å²) in [5.41, 5.74) is -4.86. The van der Waals surface area contributed by atoms with E-state index in [1.807, 2.05) is 34.6 Å². The number of ether oxygens (including phenoxy) is 7. The maximum absolute atomic E-state index is 13.9. The van der Waals surface area contributed by atoms with Crippen molar-refractivity contribution in [3.63, 3.8) is 0 Å². The second kappa shape index (κ2) is 12.9. The van der Waals surface area contributed by atoms with Gasteiger partial charge in [0.2, 0.25) is 0 Å². The first-order chi connectivity index (χ1) is 24.7. The van der Waals surface area contributed by atoms with E-state index in [1.54, 1.807) is 20.8 Å². The number of hydrogen-bond donors (Lipinski definition) is 1. The number of cyclic esters (lactones) is 2. The quantitative estimate of drug-likeness (QED) is 0.251. The molecule has 292 valence electrons.